The molecule has 1 aromatic rings. The van der Waals surface area contributed by atoms with Gasteiger partial charge in [0.1, 0.15) is 11.6 Å². The first-order valence-corrected chi connectivity index (χ1v) is 7.46. The quantitative estimate of drug-likeness (QED) is 0.805. The number of carboxylic acids is 1. The highest BCUT2D eigenvalue weighted by Gasteiger charge is 2.26. The van der Waals surface area contributed by atoms with E-state index in [1.807, 2.05) is 0 Å². The van der Waals surface area contributed by atoms with Crippen molar-refractivity contribution in [3.63, 3.8) is 0 Å². The Balaban J connectivity index is 2.13. The number of halogens is 2. The van der Waals surface area contributed by atoms with Crippen molar-refractivity contribution >= 4 is 11.7 Å². The number of carboxylic acid groups (broad SMARTS) is 1. The zero-order valence-corrected chi connectivity index (χ0v) is 11.9. The number of benzene rings is 1. The molecule has 116 valence electrons. The molecule has 0 spiro atoms. The molecule has 1 aliphatic carbocycles. The number of anilines is 1. The largest absolute Gasteiger partial charge is 0.481 e. The van der Waals surface area contributed by atoms with Crippen LogP contribution in [0.2, 0.25) is 0 Å². The number of carbonyl (C=O) groups is 1. The van der Waals surface area contributed by atoms with Gasteiger partial charge >= 0.3 is 5.97 Å². The monoisotopic (exact) mass is 297 g/mol. The van der Waals surface area contributed by atoms with Crippen molar-refractivity contribution in [2.75, 3.05) is 5.73 Å². The third-order valence-corrected chi connectivity index (χ3v) is 4.39. The second-order valence-corrected chi connectivity index (χ2v) is 5.86. The SMILES string of the molecule is Nc1c(F)cc(F)cc1C(CCC1CCCCC1)C(=O)O. The van der Waals surface area contributed by atoms with Crippen molar-refractivity contribution in [1.29, 1.82) is 0 Å². The smallest absolute Gasteiger partial charge is 0.311 e. The van der Waals surface area contributed by atoms with E-state index in [4.69, 9.17) is 5.73 Å². The lowest BCUT2D eigenvalue weighted by Gasteiger charge is -2.23. The zero-order chi connectivity index (χ0) is 15.4. The summed E-state index contributed by atoms with van der Waals surface area (Å²) in [6, 6.07) is 1.72. The fourth-order valence-electron chi connectivity index (χ4n) is 3.18. The molecule has 21 heavy (non-hydrogen) atoms. The number of nitrogens with two attached hydrogens (primary N) is 1. The molecule has 0 radical (unpaired) electrons. The Morgan fingerprint density at radius 3 is 2.57 bits per heavy atom. The van der Waals surface area contributed by atoms with Gasteiger partial charge in [0.15, 0.2) is 0 Å². The van der Waals surface area contributed by atoms with Crippen LogP contribution >= 0.6 is 0 Å². The Labute approximate surface area is 123 Å². The molecule has 1 fully saturated rings. The first-order valence-electron chi connectivity index (χ1n) is 7.46. The Kier molecular flexibility index (Phi) is 5.15. The molecule has 0 aromatic heterocycles. The van der Waals surface area contributed by atoms with Crippen molar-refractivity contribution < 1.29 is 18.7 Å². The van der Waals surface area contributed by atoms with Gasteiger partial charge in [-0.05, 0) is 30.4 Å². The maximum Gasteiger partial charge on any atom is 0.311 e. The van der Waals surface area contributed by atoms with Crippen molar-refractivity contribution in [2.45, 2.75) is 50.9 Å². The molecule has 1 aromatic carbocycles. The lowest BCUT2D eigenvalue weighted by molar-refractivity contribution is -0.139. The molecule has 2 rings (SSSR count). The third kappa shape index (κ3) is 3.93. The predicted octanol–water partition coefficient (Wildman–Crippen LogP) is 4.08. The van der Waals surface area contributed by atoms with Crippen LogP contribution < -0.4 is 5.73 Å². The lowest BCUT2D eigenvalue weighted by atomic mass is 9.82. The van der Waals surface area contributed by atoms with E-state index in [0.717, 1.165) is 25.3 Å². The fraction of sp³-hybridized carbons (Fsp3) is 0.562. The third-order valence-electron chi connectivity index (χ3n) is 4.39. The van der Waals surface area contributed by atoms with E-state index in [-0.39, 0.29) is 11.3 Å². The van der Waals surface area contributed by atoms with Crippen LogP contribution in [0.25, 0.3) is 0 Å². The van der Waals surface area contributed by atoms with Crippen molar-refractivity contribution in [3.05, 3.63) is 29.3 Å². The Morgan fingerprint density at radius 1 is 1.29 bits per heavy atom. The number of aliphatic carboxylic acids is 1. The summed E-state index contributed by atoms with van der Waals surface area (Å²) in [4.78, 5) is 11.4. The summed E-state index contributed by atoms with van der Waals surface area (Å²) in [5, 5.41) is 9.36. The van der Waals surface area contributed by atoms with E-state index in [9.17, 15) is 18.7 Å². The summed E-state index contributed by atoms with van der Waals surface area (Å²) >= 11 is 0. The van der Waals surface area contributed by atoms with Crippen LogP contribution in [0.5, 0.6) is 0 Å². The van der Waals surface area contributed by atoms with Crippen LogP contribution in [-0.2, 0) is 4.79 Å². The van der Waals surface area contributed by atoms with Gasteiger partial charge in [-0.3, -0.25) is 4.79 Å². The van der Waals surface area contributed by atoms with Crippen LogP contribution in [-0.4, -0.2) is 11.1 Å². The molecule has 3 nitrogen and oxygen atoms in total. The first-order chi connectivity index (χ1) is 9.99. The lowest BCUT2D eigenvalue weighted by Crippen LogP contribution is -2.17. The topological polar surface area (TPSA) is 63.3 Å². The summed E-state index contributed by atoms with van der Waals surface area (Å²) in [5.41, 5.74) is 5.39. The highest BCUT2D eigenvalue weighted by atomic mass is 19.1. The molecule has 0 aliphatic heterocycles. The molecular weight excluding hydrogens is 276 g/mol. The molecule has 1 unspecified atom stereocenters. The molecule has 0 heterocycles. The van der Waals surface area contributed by atoms with Gasteiger partial charge < -0.3 is 10.8 Å². The Bertz CT molecular complexity index is 513. The molecule has 1 saturated carbocycles. The first kappa shape index (κ1) is 15.7. The summed E-state index contributed by atoms with van der Waals surface area (Å²) in [6.45, 7) is 0. The molecule has 5 heteroatoms. The standard InChI is InChI=1S/C16H21F2NO2/c17-11-8-13(15(19)14(18)9-11)12(16(20)21)7-6-10-4-2-1-3-5-10/h8-10,12H,1-7,19H2,(H,20,21). The average molecular weight is 297 g/mol. The van der Waals surface area contributed by atoms with Crippen molar-refractivity contribution in [3.8, 4) is 0 Å². The van der Waals surface area contributed by atoms with Crippen LogP contribution in [0.3, 0.4) is 0 Å². The minimum absolute atomic E-state index is 0.0517. The maximum absolute atomic E-state index is 13.5. The van der Waals surface area contributed by atoms with Gasteiger partial charge in [0.2, 0.25) is 0 Å². The van der Waals surface area contributed by atoms with E-state index in [0.29, 0.717) is 18.4 Å². The van der Waals surface area contributed by atoms with Crippen LogP contribution in [0.15, 0.2) is 12.1 Å². The Hall–Kier alpha value is -1.65. The molecule has 0 saturated heterocycles. The number of hydrogen-bond donors (Lipinski definition) is 2. The van der Waals surface area contributed by atoms with Gasteiger partial charge in [0.05, 0.1) is 11.6 Å². The number of rotatable bonds is 5. The minimum Gasteiger partial charge on any atom is -0.481 e. The number of nitrogen functional groups attached to an aromatic ring is 1. The van der Waals surface area contributed by atoms with Crippen molar-refractivity contribution in [1.82, 2.24) is 0 Å². The predicted molar refractivity (Wildman–Crippen MR) is 77.0 cm³/mol. The van der Waals surface area contributed by atoms with Crippen LogP contribution in [0.4, 0.5) is 14.5 Å². The van der Waals surface area contributed by atoms with E-state index in [2.05, 4.69) is 0 Å². The van der Waals surface area contributed by atoms with Crippen LogP contribution in [0.1, 0.15) is 56.4 Å². The number of hydrogen-bond acceptors (Lipinski definition) is 2. The highest BCUT2D eigenvalue weighted by molar-refractivity contribution is 5.78. The minimum atomic E-state index is -1.08. The van der Waals surface area contributed by atoms with E-state index in [1.165, 1.54) is 19.3 Å². The van der Waals surface area contributed by atoms with E-state index in [1.54, 1.807) is 0 Å². The molecule has 1 aliphatic rings. The molecule has 3 N–H and O–H groups in total. The van der Waals surface area contributed by atoms with Gasteiger partial charge in [-0.1, -0.05) is 32.1 Å². The summed E-state index contributed by atoms with van der Waals surface area (Å²) < 4.78 is 26.8. The van der Waals surface area contributed by atoms with Gasteiger partial charge in [-0.2, -0.15) is 0 Å². The van der Waals surface area contributed by atoms with E-state index >= 15 is 0 Å². The fourth-order valence-corrected chi connectivity index (χ4v) is 3.18. The maximum atomic E-state index is 13.5. The van der Waals surface area contributed by atoms with Crippen molar-refractivity contribution in [2.24, 2.45) is 5.92 Å². The summed E-state index contributed by atoms with van der Waals surface area (Å²) in [7, 11) is 0. The molecule has 0 bridgehead atoms. The van der Waals surface area contributed by atoms with Gasteiger partial charge in [0.25, 0.3) is 0 Å². The normalized spacial score (nSPS) is 17.6. The molecule has 0 amide bonds. The molecule has 1 atom stereocenters. The Morgan fingerprint density at radius 2 is 1.95 bits per heavy atom. The second-order valence-electron chi connectivity index (χ2n) is 5.86. The summed E-state index contributed by atoms with van der Waals surface area (Å²) in [6.07, 6.45) is 6.94. The average Bonchev–Trinajstić information content (AvgIpc) is 2.45. The van der Waals surface area contributed by atoms with Gasteiger partial charge in [-0.15, -0.1) is 0 Å². The molecular formula is C16H21F2NO2. The van der Waals surface area contributed by atoms with Gasteiger partial charge in [0, 0.05) is 6.07 Å². The van der Waals surface area contributed by atoms with Crippen LogP contribution in [0, 0.1) is 17.6 Å². The summed E-state index contributed by atoms with van der Waals surface area (Å²) in [5.74, 6) is -3.20. The second kappa shape index (κ2) is 6.87. The zero-order valence-electron chi connectivity index (χ0n) is 11.9. The van der Waals surface area contributed by atoms with E-state index < -0.39 is 23.5 Å². The van der Waals surface area contributed by atoms with Gasteiger partial charge in [-0.25, -0.2) is 8.78 Å². The highest BCUT2D eigenvalue weighted by Crippen LogP contribution is 2.34.